The minimum absolute atomic E-state index is 0.0607. The number of esters is 1. The van der Waals surface area contributed by atoms with Gasteiger partial charge in [-0.1, -0.05) is 35.4 Å². The molecule has 0 saturated carbocycles. The van der Waals surface area contributed by atoms with Crippen LogP contribution in [0, 0.1) is 13.8 Å². The zero-order valence-corrected chi connectivity index (χ0v) is 16.5. The largest absolute Gasteiger partial charge is 0.458 e. The fourth-order valence-corrected chi connectivity index (χ4v) is 3.15. The number of carbonyl (C=O) groups is 2. The molecule has 0 spiro atoms. The maximum absolute atomic E-state index is 12.0. The number of amides is 1. The fraction of sp³-hybridized carbons (Fsp3) is 0.190. The maximum atomic E-state index is 12.0. The standard InChI is InChI=1S/C21H21N3O3S/c1-14-6-8-17(9-7-14)23-21-24-18(13-28-21)12-27-19(25)11-22-20(26)16-5-3-4-15(2)10-16/h3-10,13H,11-12H2,1-2H3,(H,22,26)(H,23,24). The summed E-state index contributed by atoms with van der Waals surface area (Å²) in [6.45, 7) is 3.81. The van der Waals surface area contributed by atoms with Crippen LogP contribution in [0.1, 0.15) is 27.2 Å². The predicted molar refractivity (Wildman–Crippen MR) is 110 cm³/mol. The van der Waals surface area contributed by atoms with E-state index >= 15 is 0 Å². The van der Waals surface area contributed by atoms with E-state index in [4.69, 9.17) is 4.74 Å². The lowest BCUT2D eigenvalue weighted by Gasteiger charge is -2.06. The monoisotopic (exact) mass is 395 g/mol. The molecule has 0 aliphatic carbocycles. The smallest absolute Gasteiger partial charge is 0.325 e. The second-order valence-electron chi connectivity index (χ2n) is 6.35. The molecule has 0 unspecified atom stereocenters. The Labute approximate surface area is 167 Å². The summed E-state index contributed by atoms with van der Waals surface area (Å²) in [4.78, 5) is 28.3. The number of nitrogens with zero attached hydrogens (tertiary/aromatic N) is 1. The van der Waals surface area contributed by atoms with Crippen molar-refractivity contribution in [3.63, 3.8) is 0 Å². The summed E-state index contributed by atoms with van der Waals surface area (Å²) in [5.74, 6) is -0.819. The molecule has 0 saturated heterocycles. The Hall–Kier alpha value is -3.19. The van der Waals surface area contributed by atoms with Gasteiger partial charge in [-0.25, -0.2) is 4.98 Å². The van der Waals surface area contributed by atoms with Gasteiger partial charge in [-0.05, 0) is 38.1 Å². The highest BCUT2D eigenvalue weighted by atomic mass is 32.1. The first-order valence-corrected chi connectivity index (χ1v) is 9.66. The summed E-state index contributed by atoms with van der Waals surface area (Å²) >= 11 is 1.43. The molecule has 6 nitrogen and oxygen atoms in total. The molecule has 3 rings (SSSR count). The Morgan fingerprint density at radius 1 is 1.07 bits per heavy atom. The van der Waals surface area contributed by atoms with Crippen LogP contribution < -0.4 is 10.6 Å². The van der Waals surface area contributed by atoms with Gasteiger partial charge in [0.2, 0.25) is 0 Å². The van der Waals surface area contributed by atoms with E-state index in [1.165, 1.54) is 16.9 Å². The van der Waals surface area contributed by atoms with Crippen LogP contribution in [0.15, 0.2) is 53.9 Å². The van der Waals surface area contributed by atoms with E-state index in [0.29, 0.717) is 11.3 Å². The number of ether oxygens (including phenoxy) is 1. The van der Waals surface area contributed by atoms with Crippen molar-refractivity contribution in [2.75, 3.05) is 11.9 Å². The number of hydrogen-bond donors (Lipinski definition) is 2. The molecule has 0 radical (unpaired) electrons. The summed E-state index contributed by atoms with van der Waals surface area (Å²) in [5.41, 5.74) is 4.28. The highest BCUT2D eigenvalue weighted by Gasteiger charge is 2.10. The van der Waals surface area contributed by atoms with Gasteiger partial charge < -0.3 is 15.4 Å². The Bertz CT molecular complexity index is 967. The second kappa shape index (κ2) is 9.14. The van der Waals surface area contributed by atoms with Crippen molar-refractivity contribution < 1.29 is 14.3 Å². The molecule has 2 N–H and O–H groups in total. The second-order valence-corrected chi connectivity index (χ2v) is 7.21. The molecule has 0 fully saturated rings. The number of anilines is 2. The lowest BCUT2D eigenvalue weighted by molar-refractivity contribution is -0.143. The van der Waals surface area contributed by atoms with Gasteiger partial charge in [0.1, 0.15) is 13.2 Å². The zero-order valence-electron chi connectivity index (χ0n) is 15.7. The number of hydrogen-bond acceptors (Lipinski definition) is 6. The quantitative estimate of drug-likeness (QED) is 0.592. The van der Waals surface area contributed by atoms with E-state index < -0.39 is 5.97 Å². The lowest BCUT2D eigenvalue weighted by Crippen LogP contribution is -2.30. The van der Waals surface area contributed by atoms with Crippen molar-refractivity contribution in [3.8, 4) is 0 Å². The normalized spacial score (nSPS) is 10.4. The van der Waals surface area contributed by atoms with Crippen molar-refractivity contribution in [2.24, 2.45) is 0 Å². The Morgan fingerprint density at radius 3 is 2.61 bits per heavy atom. The first-order valence-electron chi connectivity index (χ1n) is 8.78. The fourth-order valence-electron chi connectivity index (χ4n) is 2.44. The summed E-state index contributed by atoms with van der Waals surface area (Å²) in [6.07, 6.45) is 0. The van der Waals surface area contributed by atoms with Crippen LogP contribution in [0.3, 0.4) is 0 Å². The third-order valence-electron chi connectivity index (χ3n) is 3.91. The van der Waals surface area contributed by atoms with Crippen LogP contribution in [-0.2, 0) is 16.1 Å². The van der Waals surface area contributed by atoms with Gasteiger partial charge in [0.05, 0.1) is 5.69 Å². The Morgan fingerprint density at radius 2 is 1.86 bits per heavy atom. The van der Waals surface area contributed by atoms with Crippen LogP contribution in [0.5, 0.6) is 0 Å². The molecule has 7 heteroatoms. The SMILES string of the molecule is Cc1ccc(Nc2nc(COC(=O)CNC(=O)c3cccc(C)c3)cs2)cc1. The van der Waals surface area contributed by atoms with E-state index in [-0.39, 0.29) is 19.1 Å². The van der Waals surface area contributed by atoms with Gasteiger partial charge in [-0.3, -0.25) is 9.59 Å². The van der Waals surface area contributed by atoms with Crippen LogP contribution >= 0.6 is 11.3 Å². The number of carbonyl (C=O) groups excluding carboxylic acids is 2. The third kappa shape index (κ3) is 5.65. The summed E-state index contributed by atoms with van der Waals surface area (Å²) < 4.78 is 5.18. The summed E-state index contributed by atoms with van der Waals surface area (Å²) in [6, 6.07) is 15.2. The van der Waals surface area contributed by atoms with Crippen LogP contribution in [0.25, 0.3) is 0 Å². The number of benzene rings is 2. The highest BCUT2D eigenvalue weighted by molar-refractivity contribution is 7.13. The molecule has 0 bridgehead atoms. The minimum Gasteiger partial charge on any atom is -0.458 e. The average Bonchev–Trinajstić information content (AvgIpc) is 3.13. The van der Waals surface area contributed by atoms with E-state index in [1.807, 2.05) is 49.6 Å². The maximum Gasteiger partial charge on any atom is 0.325 e. The molecule has 144 valence electrons. The van der Waals surface area contributed by atoms with Crippen molar-refractivity contribution in [3.05, 3.63) is 76.3 Å². The lowest BCUT2D eigenvalue weighted by atomic mass is 10.1. The van der Waals surface area contributed by atoms with E-state index in [1.54, 1.807) is 18.2 Å². The van der Waals surface area contributed by atoms with Crippen LogP contribution in [-0.4, -0.2) is 23.4 Å². The van der Waals surface area contributed by atoms with Gasteiger partial charge in [0.25, 0.3) is 5.91 Å². The number of nitrogens with one attached hydrogen (secondary N) is 2. The van der Waals surface area contributed by atoms with Crippen LogP contribution in [0.4, 0.5) is 10.8 Å². The molecule has 1 amide bonds. The van der Waals surface area contributed by atoms with E-state index in [2.05, 4.69) is 15.6 Å². The predicted octanol–water partition coefficient (Wildman–Crippen LogP) is 3.98. The Balaban J connectivity index is 1.44. The van der Waals surface area contributed by atoms with Crippen molar-refractivity contribution >= 4 is 34.0 Å². The van der Waals surface area contributed by atoms with Gasteiger partial charge in [0.15, 0.2) is 5.13 Å². The summed E-state index contributed by atoms with van der Waals surface area (Å²) in [7, 11) is 0. The number of aryl methyl sites for hydroxylation is 2. The minimum atomic E-state index is -0.512. The van der Waals surface area contributed by atoms with E-state index in [0.717, 1.165) is 16.4 Å². The first kappa shape index (κ1) is 19.6. The Kier molecular flexibility index (Phi) is 6.39. The van der Waals surface area contributed by atoms with Gasteiger partial charge in [-0.2, -0.15) is 0 Å². The van der Waals surface area contributed by atoms with Gasteiger partial charge in [0, 0.05) is 16.6 Å². The highest BCUT2D eigenvalue weighted by Crippen LogP contribution is 2.21. The first-order chi connectivity index (χ1) is 13.5. The number of aromatic nitrogens is 1. The molecule has 0 aliphatic rings. The molecule has 0 aliphatic heterocycles. The molecule has 28 heavy (non-hydrogen) atoms. The third-order valence-corrected chi connectivity index (χ3v) is 4.72. The van der Waals surface area contributed by atoms with E-state index in [9.17, 15) is 9.59 Å². The zero-order chi connectivity index (χ0) is 19.9. The number of rotatable bonds is 7. The van der Waals surface area contributed by atoms with Gasteiger partial charge in [-0.15, -0.1) is 11.3 Å². The molecule has 0 atom stereocenters. The van der Waals surface area contributed by atoms with Crippen LogP contribution in [0.2, 0.25) is 0 Å². The molecular weight excluding hydrogens is 374 g/mol. The molecular formula is C21H21N3O3S. The number of thiazole rings is 1. The molecule has 2 aromatic carbocycles. The van der Waals surface area contributed by atoms with Crippen molar-refractivity contribution in [2.45, 2.75) is 20.5 Å². The van der Waals surface area contributed by atoms with Crippen molar-refractivity contribution in [1.82, 2.24) is 10.3 Å². The average molecular weight is 395 g/mol. The molecule has 3 aromatic rings. The summed E-state index contributed by atoms with van der Waals surface area (Å²) in [5, 5.41) is 8.33. The van der Waals surface area contributed by atoms with Crippen molar-refractivity contribution in [1.29, 1.82) is 0 Å². The molecule has 1 aromatic heterocycles. The van der Waals surface area contributed by atoms with Gasteiger partial charge >= 0.3 is 5.97 Å². The molecule has 1 heterocycles. The topological polar surface area (TPSA) is 80.3 Å².